The van der Waals surface area contributed by atoms with E-state index in [1.165, 1.54) is 12.3 Å². The third-order valence-corrected chi connectivity index (χ3v) is 2.94. The molecule has 1 saturated heterocycles. The van der Waals surface area contributed by atoms with Gasteiger partial charge in [-0.2, -0.15) is 4.98 Å². The molecule has 0 bridgehead atoms. The van der Waals surface area contributed by atoms with Gasteiger partial charge in [-0.05, 0) is 6.07 Å². The first-order chi connectivity index (χ1) is 8.58. The number of nitrogens with two attached hydrogens (primary N) is 1. The maximum atomic E-state index is 11.7. The minimum absolute atomic E-state index is 0.0879. The summed E-state index contributed by atoms with van der Waals surface area (Å²) < 4.78 is 6.50. The molecule has 0 aliphatic carbocycles. The molecular weight excluding hydrogens is 262 g/mol. The molecule has 3 atom stereocenters. The van der Waals surface area contributed by atoms with Gasteiger partial charge in [-0.1, -0.05) is 11.6 Å². The van der Waals surface area contributed by atoms with E-state index in [4.69, 9.17) is 27.2 Å². The number of anilines is 1. The van der Waals surface area contributed by atoms with Crippen LogP contribution in [0.4, 0.5) is 5.82 Å². The maximum Gasteiger partial charge on any atom is 0.351 e. The molecule has 0 aromatic carbocycles. The summed E-state index contributed by atoms with van der Waals surface area (Å²) in [6.07, 6.45) is -1.40. The Morgan fingerprint density at radius 1 is 1.67 bits per heavy atom. The molecule has 2 heterocycles. The van der Waals surface area contributed by atoms with E-state index in [-0.39, 0.29) is 18.0 Å². The average molecular weight is 274 g/mol. The molecule has 0 saturated carbocycles. The van der Waals surface area contributed by atoms with Crippen LogP contribution in [0.25, 0.3) is 0 Å². The molecule has 2 rings (SSSR count). The number of rotatable bonds is 2. The molecule has 1 aliphatic heterocycles. The molecule has 1 aromatic heterocycles. The van der Waals surface area contributed by atoms with Gasteiger partial charge in [-0.25, -0.2) is 4.79 Å². The van der Waals surface area contributed by atoms with Crippen LogP contribution in [0.2, 0.25) is 0 Å². The minimum Gasteiger partial charge on any atom is -0.394 e. The maximum absolute atomic E-state index is 11.7. The number of nitrogen functional groups attached to an aromatic ring is 1. The molecule has 1 fully saturated rings. The topological polar surface area (TPSA) is 111 Å². The number of ether oxygens (including phenoxy) is 1. The summed E-state index contributed by atoms with van der Waals surface area (Å²) in [4.78, 5) is 15.2. The Hall–Kier alpha value is -1.41. The number of aliphatic hydroxyl groups excluding tert-OH is 2. The van der Waals surface area contributed by atoms with Crippen molar-refractivity contribution in [2.75, 3.05) is 12.3 Å². The van der Waals surface area contributed by atoms with Gasteiger partial charge in [0.05, 0.1) is 6.61 Å². The number of hydrogen-bond acceptors (Lipinski definition) is 6. The zero-order chi connectivity index (χ0) is 13.3. The number of aliphatic hydroxyl groups is 2. The van der Waals surface area contributed by atoms with E-state index >= 15 is 0 Å². The SMILES string of the molecule is Nc1ccn([C@@H]2O[C@H](CO)C(O)/C2=C/Cl)c(=O)n1. The summed E-state index contributed by atoms with van der Waals surface area (Å²) >= 11 is 5.61. The Morgan fingerprint density at radius 3 is 2.94 bits per heavy atom. The first-order valence-electron chi connectivity index (χ1n) is 5.17. The highest BCUT2D eigenvalue weighted by Crippen LogP contribution is 2.33. The quantitative estimate of drug-likeness (QED) is 0.650. The zero-order valence-electron chi connectivity index (χ0n) is 9.23. The van der Waals surface area contributed by atoms with Crippen molar-refractivity contribution in [1.29, 1.82) is 0 Å². The van der Waals surface area contributed by atoms with Gasteiger partial charge in [0.2, 0.25) is 0 Å². The first-order valence-corrected chi connectivity index (χ1v) is 5.61. The molecule has 18 heavy (non-hydrogen) atoms. The highest BCUT2D eigenvalue weighted by molar-refractivity contribution is 6.25. The van der Waals surface area contributed by atoms with E-state index in [0.29, 0.717) is 0 Å². The third-order valence-electron chi connectivity index (χ3n) is 2.69. The molecule has 4 N–H and O–H groups in total. The average Bonchev–Trinajstić information content (AvgIpc) is 2.65. The van der Waals surface area contributed by atoms with Gasteiger partial charge in [-0.3, -0.25) is 4.57 Å². The molecule has 1 unspecified atom stereocenters. The fourth-order valence-electron chi connectivity index (χ4n) is 1.77. The number of aromatic nitrogens is 2. The molecule has 0 amide bonds. The lowest BCUT2D eigenvalue weighted by Crippen LogP contribution is -2.28. The fraction of sp³-hybridized carbons (Fsp3) is 0.400. The Kier molecular flexibility index (Phi) is 3.67. The number of nitrogens with zero attached hydrogens (tertiary/aromatic N) is 2. The standard InChI is InChI=1S/C10H12ClN3O4/c11-3-5-8(16)6(4-15)18-9(5)14-2-1-7(12)13-10(14)17/h1-3,6,8-9,15-16H,4H2,(H2,12,13,17)/b5-3-/t6-,8?,9-/m1/s1. The van der Waals surface area contributed by atoms with Crippen LogP contribution in [-0.2, 0) is 4.74 Å². The summed E-state index contributed by atoms with van der Waals surface area (Å²) in [5, 5.41) is 18.9. The van der Waals surface area contributed by atoms with E-state index in [1.807, 2.05) is 0 Å². The van der Waals surface area contributed by atoms with Crippen LogP contribution in [-0.4, -0.2) is 38.6 Å². The molecular formula is C10H12ClN3O4. The van der Waals surface area contributed by atoms with E-state index < -0.39 is 24.1 Å². The van der Waals surface area contributed by atoms with Gasteiger partial charge in [0.15, 0.2) is 6.23 Å². The molecule has 1 aromatic rings. The lowest BCUT2D eigenvalue weighted by atomic mass is 10.1. The van der Waals surface area contributed by atoms with Gasteiger partial charge in [0.1, 0.15) is 18.0 Å². The Morgan fingerprint density at radius 2 is 2.39 bits per heavy atom. The van der Waals surface area contributed by atoms with Crippen molar-refractivity contribution in [3.05, 3.63) is 33.9 Å². The van der Waals surface area contributed by atoms with Crippen LogP contribution >= 0.6 is 11.6 Å². The van der Waals surface area contributed by atoms with E-state index in [2.05, 4.69) is 4.98 Å². The zero-order valence-corrected chi connectivity index (χ0v) is 9.99. The summed E-state index contributed by atoms with van der Waals surface area (Å²) in [7, 11) is 0. The molecule has 7 nitrogen and oxygen atoms in total. The van der Waals surface area contributed by atoms with Crippen molar-refractivity contribution < 1.29 is 14.9 Å². The normalized spacial score (nSPS) is 29.9. The predicted octanol–water partition coefficient (Wildman–Crippen LogP) is -0.801. The van der Waals surface area contributed by atoms with Crippen LogP contribution in [0.3, 0.4) is 0 Å². The van der Waals surface area contributed by atoms with Crippen LogP contribution in [0.15, 0.2) is 28.2 Å². The van der Waals surface area contributed by atoms with Gasteiger partial charge >= 0.3 is 5.69 Å². The molecule has 98 valence electrons. The Balaban J connectivity index is 2.41. The second-order valence-corrected chi connectivity index (χ2v) is 4.02. The summed E-state index contributed by atoms with van der Waals surface area (Å²) in [5.41, 5.74) is 6.17. The van der Waals surface area contributed by atoms with E-state index in [9.17, 15) is 9.90 Å². The lowest BCUT2D eigenvalue weighted by molar-refractivity contribution is -0.0447. The summed E-state index contributed by atoms with van der Waals surface area (Å²) in [6.45, 7) is -0.386. The molecule has 0 radical (unpaired) electrons. The van der Waals surface area contributed by atoms with Crippen LogP contribution < -0.4 is 11.4 Å². The van der Waals surface area contributed by atoms with Crippen molar-refractivity contribution in [2.24, 2.45) is 0 Å². The van der Waals surface area contributed by atoms with Crippen molar-refractivity contribution in [3.8, 4) is 0 Å². The smallest absolute Gasteiger partial charge is 0.351 e. The highest BCUT2D eigenvalue weighted by atomic mass is 35.5. The van der Waals surface area contributed by atoms with Gasteiger partial charge in [0, 0.05) is 17.3 Å². The molecule has 0 spiro atoms. The molecule has 1 aliphatic rings. The Labute approximate surface area is 107 Å². The van der Waals surface area contributed by atoms with Gasteiger partial charge < -0.3 is 20.7 Å². The van der Waals surface area contributed by atoms with Crippen molar-refractivity contribution in [2.45, 2.75) is 18.4 Å². The largest absolute Gasteiger partial charge is 0.394 e. The van der Waals surface area contributed by atoms with Crippen LogP contribution in [0, 0.1) is 0 Å². The Bertz CT molecular complexity index is 530. The van der Waals surface area contributed by atoms with E-state index in [0.717, 1.165) is 10.1 Å². The second-order valence-electron chi connectivity index (χ2n) is 3.81. The van der Waals surface area contributed by atoms with Crippen molar-refractivity contribution in [1.82, 2.24) is 9.55 Å². The minimum atomic E-state index is -1.07. The molecule has 8 heteroatoms. The van der Waals surface area contributed by atoms with Crippen molar-refractivity contribution in [3.63, 3.8) is 0 Å². The van der Waals surface area contributed by atoms with Gasteiger partial charge in [0.25, 0.3) is 0 Å². The summed E-state index contributed by atoms with van der Waals surface area (Å²) in [5.74, 6) is 0.0879. The fourth-order valence-corrected chi connectivity index (χ4v) is 2.01. The highest BCUT2D eigenvalue weighted by Gasteiger charge is 2.39. The van der Waals surface area contributed by atoms with Gasteiger partial charge in [-0.15, -0.1) is 0 Å². The number of hydrogen-bond donors (Lipinski definition) is 3. The predicted molar refractivity (Wildman–Crippen MR) is 63.8 cm³/mol. The lowest BCUT2D eigenvalue weighted by Gasteiger charge is -2.14. The monoisotopic (exact) mass is 273 g/mol. The van der Waals surface area contributed by atoms with Crippen LogP contribution in [0.5, 0.6) is 0 Å². The first kappa shape index (κ1) is 13.0. The van der Waals surface area contributed by atoms with Crippen molar-refractivity contribution >= 4 is 17.4 Å². The van der Waals surface area contributed by atoms with Crippen LogP contribution in [0.1, 0.15) is 6.23 Å². The number of halogens is 1. The summed E-state index contributed by atoms with van der Waals surface area (Å²) in [6, 6.07) is 1.43. The second kappa shape index (κ2) is 5.07. The van der Waals surface area contributed by atoms with E-state index in [1.54, 1.807) is 0 Å². The third kappa shape index (κ3) is 2.13.